The van der Waals surface area contributed by atoms with Gasteiger partial charge in [-0.2, -0.15) is 0 Å². The van der Waals surface area contributed by atoms with E-state index in [-0.39, 0.29) is 18.6 Å². The van der Waals surface area contributed by atoms with Gasteiger partial charge in [0.15, 0.2) is 0 Å². The highest BCUT2D eigenvalue weighted by atomic mass is 16.5. The highest BCUT2D eigenvalue weighted by Crippen LogP contribution is 2.33. The lowest BCUT2D eigenvalue weighted by molar-refractivity contribution is -0.138. The topological polar surface area (TPSA) is 78.9 Å². The number of rotatable bonds is 5. The molecule has 1 saturated heterocycles. The lowest BCUT2D eigenvalue weighted by atomic mass is 9.93. The molecule has 1 atom stereocenters. The van der Waals surface area contributed by atoms with Crippen LogP contribution in [0.15, 0.2) is 0 Å². The molecule has 2 aliphatic rings. The number of likely N-dealkylation sites (tertiary alicyclic amines) is 1. The van der Waals surface area contributed by atoms with Crippen LogP contribution in [0.5, 0.6) is 0 Å². The van der Waals surface area contributed by atoms with Crippen LogP contribution in [0.3, 0.4) is 0 Å². The average molecular weight is 298 g/mol. The molecule has 2 N–H and O–H groups in total. The number of carboxylic acids is 1. The summed E-state index contributed by atoms with van der Waals surface area (Å²) in [5, 5.41) is 12.1. The van der Waals surface area contributed by atoms with E-state index < -0.39 is 11.5 Å². The molecular formula is C15H26N2O4. The highest BCUT2D eigenvalue weighted by Gasteiger charge is 2.39. The van der Waals surface area contributed by atoms with Crippen LogP contribution in [-0.2, 0) is 9.53 Å². The number of nitrogens with zero attached hydrogens (tertiary/aromatic N) is 1. The zero-order chi connectivity index (χ0) is 15.3. The quantitative estimate of drug-likeness (QED) is 0.813. The Morgan fingerprint density at radius 1 is 1.33 bits per heavy atom. The lowest BCUT2D eigenvalue weighted by Gasteiger charge is -2.36. The van der Waals surface area contributed by atoms with Crippen LogP contribution < -0.4 is 5.32 Å². The normalized spacial score (nSPS) is 24.8. The zero-order valence-electron chi connectivity index (χ0n) is 12.8. The van der Waals surface area contributed by atoms with E-state index in [9.17, 15) is 9.59 Å². The second-order valence-electron chi connectivity index (χ2n) is 6.15. The maximum atomic E-state index is 12.5. The molecule has 0 bridgehead atoms. The SMILES string of the molecule is CCOC1CCCN(C(=O)NC2(CC(=O)O)CCCC2)C1. The van der Waals surface area contributed by atoms with E-state index in [1.807, 2.05) is 6.92 Å². The number of carbonyl (C=O) groups excluding carboxylic acids is 1. The summed E-state index contributed by atoms with van der Waals surface area (Å²) in [5.74, 6) is -0.844. The van der Waals surface area contributed by atoms with Crippen molar-refractivity contribution in [3.05, 3.63) is 0 Å². The minimum atomic E-state index is -0.844. The second kappa shape index (κ2) is 7.11. The van der Waals surface area contributed by atoms with Crippen LogP contribution in [-0.4, -0.2) is 53.3 Å². The molecule has 1 aliphatic carbocycles. The van der Waals surface area contributed by atoms with Crippen LogP contribution in [0.4, 0.5) is 4.79 Å². The van der Waals surface area contributed by atoms with Crippen molar-refractivity contribution in [1.29, 1.82) is 0 Å². The van der Waals surface area contributed by atoms with E-state index in [2.05, 4.69) is 5.32 Å². The Kier molecular flexibility index (Phi) is 5.45. The molecule has 120 valence electrons. The number of carboxylic acid groups (broad SMARTS) is 1. The number of carbonyl (C=O) groups is 2. The summed E-state index contributed by atoms with van der Waals surface area (Å²) < 4.78 is 5.61. The Morgan fingerprint density at radius 3 is 2.67 bits per heavy atom. The molecular weight excluding hydrogens is 272 g/mol. The van der Waals surface area contributed by atoms with E-state index >= 15 is 0 Å². The van der Waals surface area contributed by atoms with Crippen LogP contribution in [0, 0.1) is 0 Å². The maximum absolute atomic E-state index is 12.5. The number of hydrogen-bond acceptors (Lipinski definition) is 3. The van der Waals surface area contributed by atoms with Crippen LogP contribution in [0.2, 0.25) is 0 Å². The predicted molar refractivity (Wildman–Crippen MR) is 78.2 cm³/mol. The molecule has 0 aromatic carbocycles. The van der Waals surface area contributed by atoms with Crippen LogP contribution >= 0.6 is 0 Å². The minimum absolute atomic E-state index is 0.0153. The summed E-state index contributed by atoms with van der Waals surface area (Å²) in [5.41, 5.74) is -0.554. The average Bonchev–Trinajstić information content (AvgIpc) is 2.86. The minimum Gasteiger partial charge on any atom is -0.481 e. The van der Waals surface area contributed by atoms with Crippen molar-refractivity contribution in [3.8, 4) is 0 Å². The number of nitrogens with one attached hydrogen (secondary N) is 1. The number of hydrogen-bond donors (Lipinski definition) is 2. The summed E-state index contributed by atoms with van der Waals surface area (Å²) in [6.45, 7) is 3.93. The fourth-order valence-electron chi connectivity index (χ4n) is 3.49. The van der Waals surface area contributed by atoms with E-state index in [1.54, 1.807) is 4.90 Å². The Morgan fingerprint density at radius 2 is 2.05 bits per heavy atom. The highest BCUT2D eigenvalue weighted by molar-refractivity contribution is 5.77. The molecule has 0 aromatic heterocycles. The van der Waals surface area contributed by atoms with Crippen molar-refractivity contribution in [2.45, 2.75) is 63.5 Å². The molecule has 2 amide bonds. The van der Waals surface area contributed by atoms with E-state index in [0.29, 0.717) is 13.2 Å². The van der Waals surface area contributed by atoms with Gasteiger partial charge in [-0.05, 0) is 32.6 Å². The molecule has 0 radical (unpaired) electrons. The van der Waals surface area contributed by atoms with E-state index in [1.165, 1.54) is 0 Å². The van der Waals surface area contributed by atoms with Gasteiger partial charge in [-0.3, -0.25) is 4.79 Å². The molecule has 1 heterocycles. The van der Waals surface area contributed by atoms with Gasteiger partial charge in [0.1, 0.15) is 0 Å². The third-order valence-corrected chi connectivity index (χ3v) is 4.49. The lowest BCUT2D eigenvalue weighted by Crippen LogP contribution is -2.55. The van der Waals surface area contributed by atoms with E-state index in [0.717, 1.165) is 45.1 Å². The third kappa shape index (κ3) is 4.33. The van der Waals surface area contributed by atoms with E-state index in [4.69, 9.17) is 9.84 Å². The molecule has 6 nitrogen and oxygen atoms in total. The number of ether oxygens (including phenoxy) is 1. The Hall–Kier alpha value is -1.30. The van der Waals surface area contributed by atoms with Gasteiger partial charge in [0.2, 0.25) is 0 Å². The first-order valence-corrected chi connectivity index (χ1v) is 7.95. The van der Waals surface area contributed by atoms with Crippen molar-refractivity contribution in [1.82, 2.24) is 10.2 Å². The van der Waals surface area contributed by atoms with Crippen molar-refractivity contribution < 1.29 is 19.4 Å². The second-order valence-corrected chi connectivity index (χ2v) is 6.15. The van der Waals surface area contributed by atoms with Gasteiger partial charge in [0.05, 0.1) is 18.1 Å². The zero-order valence-corrected chi connectivity index (χ0v) is 12.8. The largest absolute Gasteiger partial charge is 0.481 e. The molecule has 6 heteroatoms. The fourth-order valence-corrected chi connectivity index (χ4v) is 3.49. The van der Waals surface area contributed by atoms with Crippen LogP contribution in [0.25, 0.3) is 0 Å². The molecule has 1 aliphatic heterocycles. The standard InChI is InChI=1S/C15H26N2O4/c1-2-21-12-6-5-9-17(11-12)14(20)16-15(10-13(18)19)7-3-4-8-15/h12H,2-11H2,1H3,(H,16,20)(H,18,19). The molecule has 2 rings (SSSR count). The molecule has 2 fully saturated rings. The molecule has 1 saturated carbocycles. The van der Waals surface area contributed by atoms with Gasteiger partial charge in [-0.15, -0.1) is 0 Å². The number of piperidine rings is 1. The summed E-state index contributed by atoms with van der Waals surface area (Å²) in [7, 11) is 0. The van der Waals surface area contributed by atoms with Gasteiger partial charge < -0.3 is 20.1 Å². The molecule has 21 heavy (non-hydrogen) atoms. The fraction of sp³-hybridized carbons (Fsp3) is 0.867. The Balaban J connectivity index is 1.93. The first-order valence-electron chi connectivity index (χ1n) is 7.95. The first-order chi connectivity index (χ1) is 10.0. The van der Waals surface area contributed by atoms with Crippen molar-refractivity contribution in [2.75, 3.05) is 19.7 Å². The Labute approximate surface area is 125 Å². The third-order valence-electron chi connectivity index (χ3n) is 4.49. The smallest absolute Gasteiger partial charge is 0.317 e. The number of aliphatic carboxylic acids is 1. The number of amides is 2. The van der Waals surface area contributed by atoms with Crippen molar-refractivity contribution >= 4 is 12.0 Å². The van der Waals surface area contributed by atoms with Gasteiger partial charge in [0.25, 0.3) is 0 Å². The van der Waals surface area contributed by atoms with Gasteiger partial charge in [-0.25, -0.2) is 4.79 Å². The maximum Gasteiger partial charge on any atom is 0.317 e. The summed E-state index contributed by atoms with van der Waals surface area (Å²) in [6.07, 6.45) is 5.52. The number of urea groups is 1. The van der Waals surface area contributed by atoms with Gasteiger partial charge >= 0.3 is 12.0 Å². The summed E-state index contributed by atoms with van der Waals surface area (Å²) in [6, 6.07) is -0.137. The van der Waals surface area contributed by atoms with Crippen molar-refractivity contribution in [3.63, 3.8) is 0 Å². The van der Waals surface area contributed by atoms with Crippen LogP contribution in [0.1, 0.15) is 51.9 Å². The Bertz CT molecular complexity index is 378. The first kappa shape index (κ1) is 16.1. The van der Waals surface area contributed by atoms with Crippen molar-refractivity contribution in [2.24, 2.45) is 0 Å². The van der Waals surface area contributed by atoms with Gasteiger partial charge in [-0.1, -0.05) is 12.8 Å². The summed E-state index contributed by atoms with van der Waals surface area (Å²) >= 11 is 0. The molecule has 0 spiro atoms. The monoisotopic (exact) mass is 298 g/mol. The molecule has 1 unspecified atom stereocenters. The van der Waals surface area contributed by atoms with Gasteiger partial charge in [0, 0.05) is 19.7 Å². The summed E-state index contributed by atoms with van der Waals surface area (Å²) in [4.78, 5) is 25.3. The predicted octanol–water partition coefficient (Wildman–Crippen LogP) is 1.98. The molecule has 0 aromatic rings.